The molecule has 0 N–H and O–H groups in total. The molecular formula is C19H17F4N3O3. The van der Waals surface area contributed by atoms with Crippen LogP contribution in [0, 0.1) is 5.82 Å². The van der Waals surface area contributed by atoms with Gasteiger partial charge in [-0.1, -0.05) is 0 Å². The molecule has 0 aliphatic carbocycles. The number of rotatable bonds is 2. The van der Waals surface area contributed by atoms with Gasteiger partial charge in [-0.3, -0.25) is 9.59 Å². The maximum atomic E-state index is 14.6. The molecule has 29 heavy (non-hydrogen) atoms. The van der Waals surface area contributed by atoms with Crippen molar-refractivity contribution in [3.8, 4) is 0 Å². The van der Waals surface area contributed by atoms with Crippen molar-refractivity contribution in [2.24, 2.45) is 0 Å². The standard InChI is InChI=1S/C19H17F4N3O3/c1-3-26-16-12(20)6-11-13(28)7-14(10-4-5-25(8-10)9(2)27)29-17(11)15(16)24-18(26)19(21,22)23/h6-7,10H,3-5,8H2,1-2H3. The largest absolute Gasteiger partial charge is 0.458 e. The minimum Gasteiger partial charge on any atom is -0.458 e. The summed E-state index contributed by atoms with van der Waals surface area (Å²) in [6.45, 7) is 3.55. The van der Waals surface area contributed by atoms with Crippen LogP contribution in [0.25, 0.3) is 22.0 Å². The topological polar surface area (TPSA) is 68.3 Å². The molecule has 0 radical (unpaired) electrons. The molecule has 3 aromatic rings. The molecule has 1 fully saturated rings. The molecule has 0 saturated carbocycles. The van der Waals surface area contributed by atoms with Crippen molar-refractivity contribution in [2.75, 3.05) is 13.1 Å². The molecule has 1 saturated heterocycles. The normalized spacial score (nSPS) is 17.6. The van der Waals surface area contributed by atoms with Crippen LogP contribution in [0.5, 0.6) is 0 Å². The Morgan fingerprint density at radius 3 is 2.66 bits per heavy atom. The molecule has 1 aliphatic heterocycles. The first kappa shape index (κ1) is 19.4. The number of imidazole rings is 1. The van der Waals surface area contributed by atoms with Gasteiger partial charge in [0, 0.05) is 38.5 Å². The van der Waals surface area contributed by atoms with Gasteiger partial charge in [0.15, 0.2) is 11.0 Å². The summed E-state index contributed by atoms with van der Waals surface area (Å²) in [7, 11) is 0. The predicted molar refractivity (Wildman–Crippen MR) is 96.0 cm³/mol. The van der Waals surface area contributed by atoms with E-state index in [0.717, 1.165) is 10.6 Å². The monoisotopic (exact) mass is 411 g/mol. The number of aryl methyl sites for hydroxylation is 1. The van der Waals surface area contributed by atoms with Crippen LogP contribution in [0.15, 0.2) is 21.3 Å². The summed E-state index contributed by atoms with van der Waals surface area (Å²) in [6.07, 6.45) is -4.24. The molecular weight excluding hydrogens is 394 g/mol. The summed E-state index contributed by atoms with van der Waals surface area (Å²) < 4.78 is 61.3. The molecule has 154 valence electrons. The van der Waals surface area contributed by atoms with E-state index in [-0.39, 0.29) is 46.1 Å². The number of fused-ring (bicyclic) bond motifs is 3. The molecule has 1 aromatic carbocycles. The first-order chi connectivity index (χ1) is 13.6. The van der Waals surface area contributed by atoms with Crippen LogP contribution in [0.2, 0.25) is 0 Å². The van der Waals surface area contributed by atoms with E-state index in [1.165, 1.54) is 19.9 Å². The molecule has 1 atom stereocenters. The summed E-state index contributed by atoms with van der Waals surface area (Å²) in [6, 6.07) is 2.10. The number of carbonyl (C=O) groups excluding carboxylic acids is 1. The third-order valence-corrected chi connectivity index (χ3v) is 5.29. The van der Waals surface area contributed by atoms with Crippen molar-refractivity contribution in [3.05, 3.63) is 39.8 Å². The molecule has 1 unspecified atom stereocenters. The number of halogens is 4. The quantitative estimate of drug-likeness (QED) is 0.604. The van der Waals surface area contributed by atoms with E-state index in [1.807, 2.05) is 0 Å². The SMILES string of the molecule is CCn1c(C(F)(F)F)nc2c3oc(C4CCN(C(C)=O)C4)cc(=O)c3cc(F)c21. The molecule has 2 aromatic heterocycles. The second-order valence-corrected chi connectivity index (χ2v) is 7.07. The van der Waals surface area contributed by atoms with E-state index in [4.69, 9.17) is 4.42 Å². The van der Waals surface area contributed by atoms with Crippen LogP contribution in [0.4, 0.5) is 17.6 Å². The highest BCUT2D eigenvalue weighted by Crippen LogP contribution is 2.36. The van der Waals surface area contributed by atoms with Gasteiger partial charge in [-0.2, -0.15) is 13.2 Å². The zero-order valence-corrected chi connectivity index (χ0v) is 15.6. The van der Waals surface area contributed by atoms with Crippen molar-refractivity contribution in [1.29, 1.82) is 0 Å². The van der Waals surface area contributed by atoms with Gasteiger partial charge < -0.3 is 13.9 Å². The van der Waals surface area contributed by atoms with Gasteiger partial charge >= 0.3 is 6.18 Å². The molecule has 1 aliphatic rings. The van der Waals surface area contributed by atoms with E-state index >= 15 is 0 Å². The van der Waals surface area contributed by atoms with Gasteiger partial charge in [0.05, 0.1) is 5.39 Å². The van der Waals surface area contributed by atoms with Crippen LogP contribution in [-0.4, -0.2) is 33.4 Å². The number of hydrogen-bond acceptors (Lipinski definition) is 4. The van der Waals surface area contributed by atoms with Crippen molar-refractivity contribution in [2.45, 2.75) is 38.9 Å². The number of likely N-dealkylation sites (tertiary alicyclic amines) is 1. The first-order valence-electron chi connectivity index (χ1n) is 9.11. The Kier molecular flexibility index (Phi) is 4.39. The Balaban J connectivity index is 1.97. The van der Waals surface area contributed by atoms with Gasteiger partial charge in [0.2, 0.25) is 11.7 Å². The van der Waals surface area contributed by atoms with E-state index < -0.39 is 23.2 Å². The summed E-state index contributed by atoms with van der Waals surface area (Å²) in [5.41, 5.74) is -1.44. The lowest BCUT2D eigenvalue weighted by Gasteiger charge is -2.13. The Labute approximate surface area is 161 Å². The fraction of sp³-hybridized carbons (Fsp3) is 0.421. The Hall–Kier alpha value is -2.91. The second-order valence-electron chi connectivity index (χ2n) is 7.07. The molecule has 0 spiro atoms. The predicted octanol–water partition coefficient (Wildman–Crippen LogP) is 3.66. The number of amides is 1. The van der Waals surface area contributed by atoms with Crippen LogP contribution < -0.4 is 5.43 Å². The highest BCUT2D eigenvalue weighted by molar-refractivity contribution is 6.01. The number of nitrogens with zero attached hydrogens (tertiary/aromatic N) is 3. The highest BCUT2D eigenvalue weighted by atomic mass is 19.4. The molecule has 3 heterocycles. The first-order valence-corrected chi connectivity index (χ1v) is 9.11. The van der Waals surface area contributed by atoms with Gasteiger partial charge in [0.25, 0.3) is 0 Å². The highest BCUT2D eigenvalue weighted by Gasteiger charge is 2.38. The van der Waals surface area contributed by atoms with Gasteiger partial charge in [0.1, 0.15) is 22.6 Å². The Morgan fingerprint density at radius 2 is 2.07 bits per heavy atom. The zero-order chi connectivity index (χ0) is 21.1. The Morgan fingerprint density at radius 1 is 1.34 bits per heavy atom. The lowest BCUT2D eigenvalue weighted by atomic mass is 10.0. The van der Waals surface area contributed by atoms with Crippen LogP contribution in [0.3, 0.4) is 0 Å². The van der Waals surface area contributed by atoms with E-state index in [2.05, 4.69) is 4.98 Å². The molecule has 10 heteroatoms. The molecule has 0 bridgehead atoms. The molecule has 6 nitrogen and oxygen atoms in total. The van der Waals surface area contributed by atoms with Crippen LogP contribution >= 0.6 is 0 Å². The Bertz CT molecular complexity index is 1200. The van der Waals surface area contributed by atoms with Gasteiger partial charge in [-0.25, -0.2) is 9.37 Å². The summed E-state index contributed by atoms with van der Waals surface area (Å²) >= 11 is 0. The minimum atomic E-state index is -4.79. The third-order valence-electron chi connectivity index (χ3n) is 5.29. The zero-order valence-electron chi connectivity index (χ0n) is 15.6. The summed E-state index contributed by atoms with van der Waals surface area (Å²) in [5.74, 6) is -2.36. The average Bonchev–Trinajstić information content (AvgIpc) is 3.27. The molecule has 4 rings (SSSR count). The van der Waals surface area contributed by atoms with Gasteiger partial charge in [-0.05, 0) is 19.4 Å². The summed E-state index contributed by atoms with van der Waals surface area (Å²) in [4.78, 5) is 29.3. The minimum absolute atomic E-state index is 0.114. The fourth-order valence-corrected chi connectivity index (χ4v) is 3.89. The number of alkyl halides is 3. The number of carbonyl (C=O) groups is 1. The van der Waals surface area contributed by atoms with Crippen molar-refractivity contribution in [3.63, 3.8) is 0 Å². The third kappa shape index (κ3) is 3.06. The van der Waals surface area contributed by atoms with E-state index in [0.29, 0.717) is 19.5 Å². The smallest absolute Gasteiger partial charge is 0.449 e. The van der Waals surface area contributed by atoms with Crippen molar-refractivity contribution >= 4 is 27.9 Å². The average molecular weight is 411 g/mol. The van der Waals surface area contributed by atoms with Crippen LogP contribution in [0.1, 0.15) is 37.8 Å². The molecule has 1 amide bonds. The van der Waals surface area contributed by atoms with Crippen LogP contribution in [-0.2, 0) is 17.5 Å². The summed E-state index contributed by atoms with van der Waals surface area (Å²) in [5, 5.41) is -0.172. The lowest BCUT2D eigenvalue weighted by Crippen LogP contribution is -2.25. The number of hydrogen-bond donors (Lipinski definition) is 0. The lowest BCUT2D eigenvalue weighted by molar-refractivity contribution is -0.146. The number of benzene rings is 1. The number of aromatic nitrogens is 2. The van der Waals surface area contributed by atoms with Crippen molar-refractivity contribution in [1.82, 2.24) is 14.5 Å². The van der Waals surface area contributed by atoms with E-state index in [9.17, 15) is 27.2 Å². The second kappa shape index (κ2) is 6.57. The fourth-order valence-electron chi connectivity index (χ4n) is 3.89. The van der Waals surface area contributed by atoms with Gasteiger partial charge in [-0.15, -0.1) is 0 Å². The van der Waals surface area contributed by atoms with Crippen molar-refractivity contribution < 1.29 is 26.8 Å². The maximum Gasteiger partial charge on any atom is 0.449 e. The van der Waals surface area contributed by atoms with E-state index in [1.54, 1.807) is 4.90 Å². The maximum absolute atomic E-state index is 14.6.